The van der Waals surface area contributed by atoms with Crippen LogP contribution in [0.5, 0.6) is 11.6 Å². The van der Waals surface area contributed by atoms with E-state index in [1.54, 1.807) is 18.3 Å². The smallest absolute Gasteiger partial charge is 0.219 e. The number of aliphatic hydroxyl groups is 1. The second-order valence-electron chi connectivity index (χ2n) is 3.20. The van der Waals surface area contributed by atoms with E-state index in [1.807, 2.05) is 24.3 Å². The Morgan fingerprint density at radius 1 is 1.19 bits per heavy atom. The van der Waals surface area contributed by atoms with Gasteiger partial charge in [0.05, 0.1) is 10.2 Å². The SMILES string of the molecule is OCc1ccc(Oc2ccccc2I)nc1. The summed E-state index contributed by atoms with van der Waals surface area (Å²) in [7, 11) is 0. The van der Waals surface area contributed by atoms with Crippen LogP contribution in [0.3, 0.4) is 0 Å². The van der Waals surface area contributed by atoms with Crippen molar-refractivity contribution in [3.63, 3.8) is 0 Å². The zero-order chi connectivity index (χ0) is 11.4. The van der Waals surface area contributed by atoms with E-state index in [4.69, 9.17) is 9.84 Å². The first-order valence-electron chi connectivity index (χ1n) is 4.78. The fraction of sp³-hybridized carbons (Fsp3) is 0.0833. The van der Waals surface area contributed by atoms with Gasteiger partial charge >= 0.3 is 0 Å². The van der Waals surface area contributed by atoms with E-state index in [-0.39, 0.29) is 6.61 Å². The van der Waals surface area contributed by atoms with Crippen molar-refractivity contribution >= 4 is 22.6 Å². The molecule has 0 saturated carbocycles. The Morgan fingerprint density at radius 2 is 2.00 bits per heavy atom. The molecule has 0 bridgehead atoms. The van der Waals surface area contributed by atoms with Crippen molar-refractivity contribution in [2.75, 3.05) is 0 Å². The average molecular weight is 327 g/mol. The molecule has 0 radical (unpaired) electrons. The minimum Gasteiger partial charge on any atom is -0.438 e. The lowest BCUT2D eigenvalue weighted by Gasteiger charge is -2.06. The van der Waals surface area contributed by atoms with Crippen LogP contribution < -0.4 is 4.74 Å². The molecule has 0 spiro atoms. The van der Waals surface area contributed by atoms with Crippen LogP contribution in [-0.2, 0) is 6.61 Å². The molecule has 1 N–H and O–H groups in total. The predicted molar refractivity (Wildman–Crippen MR) is 69.4 cm³/mol. The molecule has 2 rings (SSSR count). The summed E-state index contributed by atoms with van der Waals surface area (Å²) in [6.45, 7) is -0.00382. The highest BCUT2D eigenvalue weighted by Gasteiger charge is 2.02. The Morgan fingerprint density at radius 3 is 2.62 bits per heavy atom. The van der Waals surface area contributed by atoms with E-state index in [9.17, 15) is 0 Å². The van der Waals surface area contributed by atoms with E-state index in [1.165, 1.54) is 0 Å². The summed E-state index contributed by atoms with van der Waals surface area (Å²) in [5, 5.41) is 8.88. The molecule has 0 atom stereocenters. The van der Waals surface area contributed by atoms with Gasteiger partial charge in [-0.2, -0.15) is 0 Å². The number of para-hydroxylation sites is 1. The largest absolute Gasteiger partial charge is 0.438 e. The first-order chi connectivity index (χ1) is 7.79. The van der Waals surface area contributed by atoms with Crippen LogP contribution >= 0.6 is 22.6 Å². The van der Waals surface area contributed by atoms with Crippen LogP contribution in [0.2, 0.25) is 0 Å². The minimum atomic E-state index is -0.00382. The average Bonchev–Trinajstić information content (AvgIpc) is 2.33. The third-order valence-corrected chi connectivity index (χ3v) is 2.92. The van der Waals surface area contributed by atoms with Gasteiger partial charge in [0.2, 0.25) is 5.88 Å². The quantitative estimate of drug-likeness (QED) is 0.882. The fourth-order valence-electron chi connectivity index (χ4n) is 1.20. The molecule has 1 aromatic carbocycles. The van der Waals surface area contributed by atoms with E-state index >= 15 is 0 Å². The van der Waals surface area contributed by atoms with Gasteiger partial charge in [-0.15, -0.1) is 0 Å². The standard InChI is InChI=1S/C12H10INO2/c13-10-3-1-2-4-11(10)16-12-6-5-9(8-15)7-14-12/h1-7,15H,8H2. The lowest BCUT2D eigenvalue weighted by molar-refractivity contribution is 0.281. The summed E-state index contributed by atoms with van der Waals surface area (Å²) in [6.07, 6.45) is 1.60. The third kappa shape index (κ3) is 2.70. The molecule has 3 nitrogen and oxygen atoms in total. The molecule has 1 aromatic heterocycles. The van der Waals surface area contributed by atoms with Gasteiger partial charge in [-0.25, -0.2) is 4.98 Å². The van der Waals surface area contributed by atoms with Gasteiger partial charge in [-0.1, -0.05) is 12.1 Å². The lowest BCUT2D eigenvalue weighted by Crippen LogP contribution is -1.91. The molecule has 2 aromatic rings. The molecule has 0 aliphatic rings. The predicted octanol–water partition coefficient (Wildman–Crippen LogP) is 2.97. The molecule has 0 amide bonds. The zero-order valence-corrected chi connectivity index (χ0v) is 10.6. The molecule has 1 heterocycles. The van der Waals surface area contributed by atoms with Gasteiger partial charge in [-0.05, 0) is 46.4 Å². The van der Waals surface area contributed by atoms with Crippen molar-refractivity contribution in [3.8, 4) is 11.6 Å². The van der Waals surface area contributed by atoms with Crippen molar-refractivity contribution in [1.82, 2.24) is 4.98 Å². The Bertz CT molecular complexity index is 471. The third-order valence-electron chi connectivity index (χ3n) is 2.03. The van der Waals surface area contributed by atoms with Gasteiger partial charge in [0.15, 0.2) is 0 Å². The molecule has 0 aliphatic carbocycles. The molecule has 0 fully saturated rings. The lowest BCUT2D eigenvalue weighted by atomic mass is 10.3. The first-order valence-corrected chi connectivity index (χ1v) is 5.85. The zero-order valence-electron chi connectivity index (χ0n) is 8.43. The van der Waals surface area contributed by atoms with E-state index in [2.05, 4.69) is 27.6 Å². The van der Waals surface area contributed by atoms with Gasteiger partial charge in [-0.3, -0.25) is 0 Å². The van der Waals surface area contributed by atoms with E-state index in [0.29, 0.717) is 5.88 Å². The molecule has 0 aliphatic heterocycles. The second-order valence-corrected chi connectivity index (χ2v) is 4.36. The monoisotopic (exact) mass is 327 g/mol. The molecule has 82 valence electrons. The normalized spacial score (nSPS) is 10.1. The molecule has 0 unspecified atom stereocenters. The molecular weight excluding hydrogens is 317 g/mol. The Balaban J connectivity index is 2.18. The number of ether oxygens (including phenoxy) is 1. The highest BCUT2D eigenvalue weighted by Crippen LogP contribution is 2.24. The van der Waals surface area contributed by atoms with E-state index in [0.717, 1.165) is 14.9 Å². The maximum absolute atomic E-state index is 8.88. The fourth-order valence-corrected chi connectivity index (χ4v) is 1.70. The Hall–Kier alpha value is -1.14. The number of benzene rings is 1. The number of aliphatic hydroxyl groups excluding tert-OH is 1. The number of hydrogen-bond donors (Lipinski definition) is 1. The number of rotatable bonds is 3. The summed E-state index contributed by atoms with van der Waals surface area (Å²) in [5.74, 6) is 1.31. The second kappa shape index (κ2) is 5.27. The van der Waals surface area contributed by atoms with Crippen LogP contribution in [0.4, 0.5) is 0 Å². The maximum atomic E-state index is 8.88. The van der Waals surface area contributed by atoms with Crippen molar-refractivity contribution in [2.24, 2.45) is 0 Å². The van der Waals surface area contributed by atoms with E-state index < -0.39 is 0 Å². The van der Waals surface area contributed by atoms with Gasteiger partial charge in [0, 0.05) is 12.3 Å². The van der Waals surface area contributed by atoms with Crippen molar-refractivity contribution in [3.05, 3.63) is 51.7 Å². The van der Waals surface area contributed by atoms with Gasteiger partial charge in [0.1, 0.15) is 5.75 Å². The number of hydrogen-bond acceptors (Lipinski definition) is 3. The van der Waals surface area contributed by atoms with Crippen molar-refractivity contribution in [2.45, 2.75) is 6.61 Å². The number of nitrogens with zero attached hydrogens (tertiary/aromatic N) is 1. The van der Waals surface area contributed by atoms with Gasteiger partial charge in [0.25, 0.3) is 0 Å². The number of aromatic nitrogens is 1. The summed E-state index contributed by atoms with van der Waals surface area (Å²) in [5.41, 5.74) is 0.773. The first kappa shape index (κ1) is 11.3. The summed E-state index contributed by atoms with van der Waals surface area (Å²) in [6, 6.07) is 11.3. The highest BCUT2D eigenvalue weighted by atomic mass is 127. The maximum Gasteiger partial charge on any atom is 0.219 e. The van der Waals surface area contributed by atoms with Crippen LogP contribution in [0.15, 0.2) is 42.6 Å². The summed E-state index contributed by atoms with van der Waals surface area (Å²) < 4.78 is 6.64. The topological polar surface area (TPSA) is 42.4 Å². The highest BCUT2D eigenvalue weighted by molar-refractivity contribution is 14.1. The van der Waals surface area contributed by atoms with Gasteiger partial charge < -0.3 is 9.84 Å². The van der Waals surface area contributed by atoms with Crippen LogP contribution in [0.25, 0.3) is 0 Å². The Kier molecular flexibility index (Phi) is 3.74. The van der Waals surface area contributed by atoms with Crippen LogP contribution in [0, 0.1) is 3.57 Å². The molecular formula is C12H10INO2. The van der Waals surface area contributed by atoms with Crippen LogP contribution in [-0.4, -0.2) is 10.1 Å². The molecule has 0 saturated heterocycles. The minimum absolute atomic E-state index is 0.00382. The van der Waals surface area contributed by atoms with Crippen molar-refractivity contribution in [1.29, 1.82) is 0 Å². The number of pyridine rings is 1. The summed E-state index contributed by atoms with van der Waals surface area (Å²) >= 11 is 2.21. The summed E-state index contributed by atoms with van der Waals surface area (Å²) in [4.78, 5) is 4.10. The number of halogens is 1. The van der Waals surface area contributed by atoms with Crippen molar-refractivity contribution < 1.29 is 9.84 Å². The molecule has 16 heavy (non-hydrogen) atoms. The van der Waals surface area contributed by atoms with Crippen LogP contribution in [0.1, 0.15) is 5.56 Å². The molecule has 4 heteroatoms. The Labute approximate surface area is 107 Å².